The van der Waals surface area contributed by atoms with Crippen LogP contribution in [0, 0.1) is 0 Å². The van der Waals surface area contributed by atoms with E-state index in [0.29, 0.717) is 23.0 Å². The maximum absolute atomic E-state index is 11.9. The van der Waals surface area contributed by atoms with Gasteiger partial charge in [0.15, 0.2) is 26.4 Å². The highest BCUT2D eigenvalue weighted by atomic mass is 16.6. The summed E-state index contributed by atoms with van der Waals surface area (Å²) < 4.78 is 35.6. The Morgan fingerprint density at radius 2 is 0.846 bits per heavy atom. The molecule has 0 saturated carbocycles. The van der Waals surface area contributed by atoms with Gasteiger partial charge in [-0.2, -0.15) is 0 Å². The number of amides is 2. The lowest BCUT2D eigenvalue weighted by molar-refractivity contribution is -0.143. The Balaban J connectivity index is 1.47. The lowest BCUT2D eigenvalue weighted by Gasteiger charge is -2.10. The standard InChI is InChI=1S/C26H32N2O11/c1-33-25(31)17-38-21-7-3-19(4-8-21)36-15-23(29)27-11-13-35-14-12-28-24(30)16-37-20-5-9-22(10-6-20)39-18-26(32)34-2/h3-10H,11-18H2,1-2H3,(H,27,29)(H,28,30). The number of hydrogen-bond acceptors (Lipinski definition) is 11. The Labute approximate surface area is 225 Å². The lowest BCUT2D eigenvalue weighted by Crippen LogP contribution is -2.34. The van der Waals surface area contributed by atoms with Crippen molar-refractivity contribution in [1.82, 2.24) is 10.6 Å². The predicted molar refractivity (Wildman–Crippen MR) is 136 cm³/mol. The van der Waals surface area contributed by atoms with E-state index in [-0.39, 0.29) is 64.5 Å². The second kappa shape index (κ2) is 17.9. The summed E-state index contributed by atoms with van der Waals surface area (Å²) in [5, 5.41) is 5.32. The third-order valence-electron chi connectivity index (χ3n) is 4.69. The molecule has 0 atom stereocenters. The van der Waals surface area contributed by atoms with Crippen LogP contribution in [0.5, 0.6) is 23.0 Å². The smallest absolute Gasteiger partial charge is 0.343 e. The summed E-state index contributed by atoms with van der Waals surface area (Å²) in [6.45, 7) is 0.316. The Bertz CT molecular complexity index is 959. The fourth-order valence-corrected chi connectivity index (χ4v) is 2.69. The van der Waals surface area contributed by atoms with Gasteiger partial charge in [-0.3, -0.25) is 9.59 Å². The molecule has 0 aliphatic rings. The van der Waals surface area contributed by atoms with E-state index in [4.69, 9.17) is 23.7 Å². The molecule has 13 heteroatoms. The first-order chi connectivity index (χ1) is 18.9. The second-order valence-electron chi connectivity index (χ2n) is 7.56. The van der Waals surface area contributed by atoms with Crippen molar-refractivity contribution in [1.29, 1.82) is 0 Å². The summed E-state index contributed by atoms with van der Waals surface area (Å²) in [5.74, 6) is 0.243. The molecule has 2 rings (SSSR count). The second-order valence-corrected chi connectivity index (χ2v) is 7.56. The van der Waals surface area contributed by atoms with Crippen molar-refractivity contribution in [2.24, 2.45) is 0 Å². The maximum atomic E-state index is 11.9. The SMILES string of the molecule is COC(=O)COc1ccc(OCC(=O)NCCOCCNC(=O)COc2ccc(OCC(=O)OC)cc2)cc1. The fraction of sp³-hybridized carbons (Fsp3) is 0.385. The van der Waals surface area contributed by atoms with Crippen LogP contribution in [0.15, 0.2) is 48.5 Å². The largest absolute Gasteiger partial charge is 0.484 e. The van der Waals surface area contributed by atoms with Crippen molar-refractivity contribution in [3.63, 3.8) is 0 Å². The highest BCUT2D eigenvalue weighted by Crippen LogP contribution is 2.18. The number of esters is 2. The molecule has 0 unspecified atom stereocenters. The molecule has 0 heterocycles. The predicted octanol–water partition coefficient (Wildman–Crippen LogP) is 0.497. The van der Waals surface area contributed by atoms with E-state index >= 15 is 0 Å². The zero-order chi connectivity index (χ0) is 28.3. The molecule has 2 N–H and O–H groups in total. The third-order valence-corrected chi connectivity index (χ3v) is 4.69. The van der Waals surface area contributed by atoms with E-state index in [1.807, 2.05) is 0 Å². The molecule has 0 bridgehead atoms. The van der Waals surface area contributed by atoms with Gasteiger partial charge >= 0.3 is 11.9 Å². The number of methoxy groups -OCH3 is 2. The summed E-state index contributed by atoms with van der Waals surface area (Å²) in [7, 11) is 2.55. The van der Waals surface area contributed by atoms with Gasteiger partial charge in [0.05, 0.1) is 27.4 Å². The van der Waals surface area contributed by atoms with Crippen LogP contribution >= 0.6 is 0 Å². The molecule has 13 nitrogen and oxygen atoms in total. The minimum absolute atomic E-state index is 0.179. The zero-order valence-corrected chi connectivity index (χ0v) is 21.8. The topological polar surface area (TPSA) is 157 Å². The Morgan fingerprint density at radius 3 is 1.15 bits per heavy atom. The molecule has 0 fully saturated rings. The van der Waals surface area contributed by atoms with E-state index < -0.39 is 11.9 Å². The average Bonchev–Trinajstić information content (AvgIpc) is 2.96. The first-order valence-electron chi connectivity index (χ1n) is 11.9. The normalized spacial score (nSPS) is 10.1. The molecular weight excluding hydrogens is 516 g/mol. The van der Waals surface area contributed by atoms with Gasteiger partial charge in [0.25, 0.3) is 11.8 Å². The number of benzene rings is 2. The van der Waals surface area contributed by atoms with Gasteiger partial charge in [0.1, 0.15) is 23.0 Å². The van der Waals surface area contributed by atoms with Gasteiger partial charge in [-0.25, -0.2) is 9.59 Å². The number of nitrogens with one attached hydrogen (secondary N) is 2. The molecule has 0 aliphatic carbocycles. The molecule has 0 aromatic heterocycles. The third kappa shape index (κ3) is 13.6. The van der Waals surface area contributed by atoms with Crippen LogP contribution in [0.3, 0.4) is 0 Å². The van der Waals surface area contributed by atoms with Crippen LogP contribution in [-0.4, -0.2) is 90.7 Å². The van der Waals surface area contributed by atoms with E-state index in [1.165, 1.54) is 14.2 Å². The van der Waals surface area contributed by atoms with Crippen LogP contribution in [0.4, 0.5) is 0 Å². The highest BCUT2D eigenvalue weighted by molar-refractivity contribution is 5.78. The Morgan fingerprint density at radius 1 is 0.538 bits per heavy atom. The van der Waals surface area contributed by atoms with E-state index in [1.54, 1.807) is 48.5 Å². The van der Waals surface area contributed by atoms with Crippen molar-refractivity contribution in [2.45, 2.75) is 0 Å². The molecule has 2 aromatic rings. The van der Waals surface area contributed by atoms with Crippen molar-refractivity contribution < 1.29 is 52.3 Å². The molecule has 0 radical (unpaired) electrons. The van der Waals surface area contributed by atoms with E-state index in [2.05, 4.69) is 20.1 Å². The van der Waals surface area contributed by atoms with Gasteiger partial charge in [-0.15, -0.1) is 0 Å². The van der Waals surface area contributed by atoms with Crippen molar-refractivity contribution in [3.8, 4) is 23.0 Å². The van der Waals surface area contributed by atoms with Crippen molar-refractivity contribution >= 4 is 23.8 Å². The Kier molecular flexibility index (Phi) is 14.1. The molecular formula is C26H32N2O11. The number of hydrogen-bond donors (Lipinski definition) is 2. The lowest BCUT2D eigenvalue weighted by atomic mass is 10.3. The number of rotatable bonds is 18. The van der Waals surface area contributed by atoms with Gasteiger partial charge in [-0.05, 0) is 48.5 Å². The quantitative estimate of drug-likeness (QED) is 0.197. The van der Waals surface area contributed by atoms with E-state index in [9.17, 15) is 19.2 Å². The first kappa shape index (κ1) is 30.7. The van der Waals surface area contributed by atoms with Crippen LogP contribution in [-0.2, 0) is 33.4 Å². The maximum Gasteiger partial charge on any atom is 0.343 e. The van der Waals surface area contributed by atoms with Crippen molar-refractivity contribution in [3.05, 3.63) is 48.5 Å². The summed E-state index contributed by atoms with van der Waals surface area (Å²) in [6, 6.07) is 12.9. The molecule has 0 spiro atoms. The number of carbonyl (C=O) groups excluding carboxylic acids is 4. The highest BCUT2D eigenvalue weighted by Gasteiger charge is 2.06. The Hall–Kier alpha value is -4.52. The minimum atomic E-state index is -0.489. The fourth-order valence-electron chi connectivity index (χ4n) is 2.69. The van der Waals surface area contributed by atoms with E-state index in [0.717, 1.165) is 0 Å². The molecule has 2 aromatic carbocycles. The van der Waals surface area contributed by atoms with Gasteiger partial charge < -0.3 is 43.8 Å². The molecule has 2 amide bonds. The molecule has 0 aliphatic heterocycles. The first-order valence-corrected chi connectivity index (χ1v) is 11.9. The minimum Gasteiger partial charge on any atom is -0.484 e. The molecule has 212 valence electrons. The van der Waals surface area contributed by atoms with Gasteiger partial charge in [-0.1, -0.05) is 0 Å². The number of ether oxygens (including phenoxy) is 7. The van der Waals surface area contributed by atoms with Crippen LogP contribution in [0.25, 0.3) is 0 Å². The zero-order valence-electron chi connectivity index (χ0n) is 21.8. The molecule has 39 heavy (non-hydrogen) atoms. The summed E-state index contributed by atoms with van der Waals surface area (Å²) in [4.78, 5) is 45.9. The summed E-state index contributed by atoms with van der Waals surface area (Å²) in [6.07, 6.45) is 0. The number of carbonyl (C=O) groups is 4. The van der Waals surface area contributed by atoms with Crippen molar-refractivity contribution in [2.75, 3.05) is 67.0 Å². The monoisotopic (exact) mass is 548 g/mol. The average molecular weight is 549 g/mol. The van der Waals surface area contributed by atoms with Gasteiger partial charge in [0.2, 0.25) is 0 Å². The summed E-state index contributed by atoms with van der Waals surface area (Å²) >= 11 is 0. The van der Waals surface area contributed by atoms with Crippen LogP contribution in [0.1, 0.15) is 0 Å². The van der Waals surface area contributed by atoms with Gasteiger partial charge in [0, 0.05) is 13.1 Å². The molecule has 0 saturated heterocycles. The van der Waals surface area contributed by atoms with Crippen LogP contribution < -0.4 is 29.6 Å². The summed E-state index contributed by atoms with van der Waals surface area (Å²) in [5.41, 5.74) is 0. The van der Waals surface area contributed by atoms with Crippen LogP contribution in [0.2, 0.25) is 0 Å².